The summed E-state index contributed by atoms with van der Waals surface area (Å²) in [5, 5.41) is 12.7. The second kappa shape index (κ2) is 6.89. The number of hydrogen-bond donors (Lipinski definition) is 4. The van der Waals surface area contributed by atoms with E-state index < -0.39 is 0 Å². The first-order valence-corrected chi connectivity index (χ1v) is 6.29. The number of nitrogens with one attached hydrogen (secondary N) is 2. The first-order valence-electron chi connectivity index (χ1n) is 6.29. The third-order valence-electron chi connectivity index (χ3n) is 2.99. The van der Waals surface area contributed by atoms with Gasteiger partial charge in [-0.05, 0) is 23.3 Å². The largest absolute Gasteiger partial charge is 0.508 e. The fourth-order valence-corrected chi connectivity index (χ4v) is 1.99. The lowest BCUT2D eigenvalue weighted by Gasteiger charge is -2.17. The summed E-state index contributed by atoms with van der Waals surface area (Å²) in [5.41, 5.74) is 5.00. The molecule has 0 aliphatic rings. The summed E-state index contributed by atoms with van der Waals surface area (Å²) < 4.78 is 0. The summed E-state index contributed by atoms with van der Waals surface area (Å²) in [4.78, 5) is 0. The lowest BCUT2D eigenvalue weighted by Crippen LogP contribution is -2.35. The molecule has 2 aromatic rings. The van der Waals surface area contributed by atoms with E-state index in [9.17, 15) is 5.11 Å². The average molecular weight is 257 g/mol. The number of hydrogen-bond acceptors (Lipinski definition) is 4. The molecule has 1 atom stereocenters. The van der Waals surface area contributed by atoms with Crippen LogP contribution in [0.3, 0.4) is 0 Å². The summed E-state index contributed by atoms with van der Waals surface area (Å²) in [6, 6.07) is 17.3. The third-order valence-corrected chi connectivity index (χ3v) is 2.99. The maximum Gasteiger partial charge on any atom is 0.115 e. The van der Waals surface area contributed by atoms with Crippen molar-refractivity contribution in [3.63, 3.8) is 0 Å². The van der Waals surface area contributed by atoms with Gasteiger partial charge in [-0.1, -0.05) is 42.5 Å². The summed E-state index contributed by atoms with van der Waals surface area (Å²) in [7, 11) is 0. The Morgan fingerprint density at radius 2 is 1.84 bits per heavy atom. The van der Waals surface area contributed by atoms with Crippen LogP contribution in [0.15, 0.2) is 54.6 Å². The van der Waals surface area contributed by atoms with Crippen LogP contribution < -0.4 is 16.6 Å². The van der Waals surface area contributed by atoms with Gasteiger partial charge in [0.25, 0.3) is 0 Å². The van der Waals surface area contributed by atoms with Gasteiger partial charge in [0, 0.05) is 13.1 Å². The van der Waals surface area contributed by atoms with Gasteiger partial charge in [0.15, 0.2) is 0 Å². The molecule has 0 unspecified atom stereocenters. The van der Waals surface area contributed by atoms with Crippen LogP contribution in [0, 0.1) is 0 Å². The molecule has 0 radical (unpaired) electrons. The quantitative estimate of drug-likeness (QED) is 0.469. The molecule has 100 valence electrons. The number of benzene rings is 2. The van der Waals surface area contributed by atoms with Crippen molar-refractivity contribution >= 4 is 0 Å². The Labute approximate surface area is 113 Å². The summed E-state index contributed by atoms with van der Waals surface area (Å²) in [6.07, 6.45) is 0. The van der Waals surface area contributed by atoms with Crippen LogP contribution in [-0.4, -0.2) is 11.7 Å². The molecular formula is C15H19N3O. The van der Waals surface area contributed by atoms with Gasteiger partial charge in [0.05, 0.1) is 6.04 Å². The van der Waals surface area contributed by atoms with Crippen LogP contribution in [0.5, 0.6) is 5.75 Å². The Balaban J connectivity index is 1.87. The summed E-state index contributed by atoms with van der Waals surface area (Å²) in [6.45, 7) is 1.41. The normalized spacial score (nSPS) is 12.3. The van der Waals surface area contributed by atoms with Gasteiger partial charge in [0.1, 0.15) is 5.75 Å². The molecule has 0 bridgehead atoms. The van der Waals surface area contributed by atoms with E-state index in [-0.39, 0.29) is 11.8 Å². The smallest absolute Gasteiger partial charge is 0.115 e. The van der Waals surface area contributed by atoms with Crippen molar-refractivity contribution < 1.29 is 5.11 Å². The van der Waals surface area contributed by atoms with Gasteiger partial charge in [-0.2, -0.15) is 0 Å². The zero-order chi connectivity index (χ0) is 13.5. The van der Waals surface area contributed by atoms with Crippen LogP contribution in [-0.2, 0) is 6.54 Å². The minimum atomic E-state index is 0.0681. The van der Waals surface area contributed by atoms with Gasteiger partial charge in [-0.25, -0.2) is 0 Å². The zero-order valence-corrected chi connectivity index (χ0v) is 10.7. The highest BCUT2D eigenvalue weighted by atomic mass is 16.3. The molecule has 0 amide bonds. The summed E-state index contributed by atoms with van der Waals surface area (Å²) >= 11 is 0. The lowest BCUT2D eigenvalue weighted by atomic mass is 10.1. The number of aromatic hydroxyl groups is 1. The average Bonchev–Trinajstić information content (AvgIpc) is 2.45. The molecule has 5 N–H and O–H groups in total. The highest BCUT2D eigenvalue weighted by Crippen LogP contribution is 2.12. The van der Waals surface area contributed by atoms with E-state index in [0.717, 1.165) is 17.7 Å². The molecule has 0 saturated carbocycles. The topological polar surface area (TPSA) is 70.3 Å². The molecule has 2 aromatic carbocycles. The van der Waals surface area contributed by atoms with E-state index in [1.54, 1.807) is 12.1 Å². The molecule has 0 aliphatic heterocycles. The number of phenolic OH excluding ortho intramolecular Hbond substituents is 1. The van der Waals surface area contributed by atoms with Gasteiger partial charge >= 0.3 is 0 Å². The van der Waals surface area contributed by atoms with Crippen LogP contribution in [0.25, 0.3) is 0 Å². The second-order valence-electron chi connectivity index (χ2n) is 4.43. The van der Waals surface area contributed by atoms with Crippen LogP contribution in [0.2, 0.25) is 0 Å². The number of rotatable bonds is 6. The zero-order valence-electron chi connectivity index (χ0n) is 10.7. The lowest BCUT2D eigenvalue weighted by molar-refractivity contribution is 0.472. The fraction of sp³-hybridized carbons (Fsp3) is 0.200. The molecule has 2 rings (SSSR count). The molecule has 0 aromatic heterocycles. The monoisotopic (exact) mass is 257 g/mol. The molecule has 0 heterocycles. The van der Waals surface area contributed by atoms with Crippen molar-refractivity contribution in [3.8, 4) is 5.75 Å². The third kappa shape index (κ3) is 4.06. The first-order chi connectivity index (χ1) is 9.29. The fourth-order valence-electron chi connectivity index (χ4n) is 1.99. The van der Waals surface area contributed by atoms with E-state index >= 15 is 0 Å². The molecule has 0 saturated heterocycles. The second-order valence-corrected chi connectivity index (χ2v) is 4.43. The highest BCUT2D eigenvalue weighted by molar-refractivity contribution is 5.27. The van der Waals surface area contributed by atoms with Crippen LogP contribution in [0.4, 0.5) is 0 Å². The summed E-state index contributed by atoms with van der Waals surface area (Å²) in [5.74, 6) is 5.87. The number of nitrogens with two attached hydrogens (primary N) is 1. The Hall–Kier alpha value is -1.88. The molecule has 0 aliphatic carbocycles. The maximum atomic E-state index is 9.39. The highest BCUT2D eigenvalue weighted by Gasteiger charge is 2.08. The van der Waals surface area contributed by atoms with Gasteiger partial charge in [0.2, 0.25) is 0 Å². The van der Waals surface area contributed by atoms with E-state index in [0.29, 0.717) is 6.54 Å². The molecule has 0 spiro atoms. The van der Waals surface area contributed by atoms with Gasteiger partial charge in [-0.3, -0.25) is 11.3 Å². The first kappa shape index (κ1) is 13.5. The van der Waals surface area contributed by atoms with E-state index in [1.165, 1.54) is 0 Å². The minimum absolute atomic E-state index is 0.0681. The van der Waals surface area contributed by atoms with E-state index in [4.69, 9.17) is 5.84 Å². The number of phenols is 1. The molecule has 4 nitrogen and oxygen atoms in total. The Bertz CT molecular complexity index is 502. The van der Waals surface area contributed by atoms with Crippen molar-refractivity contribution in [2.75, 3.05) is 6.54 Å². The van der Waals surface area contributed by atoms with Crippen molar-refractivity contribution in [3.05, 3.63) is 65.7 Å². The van der Waals surface area contributed by atoms with Crippen molar-refractivity contribution in [1.29, 1.82) is 0 Å². The van der Waals surface area contributed by atoms with Crippen LogP contribution >= 0.6 is 0 Å². The van der Waals surface area contributed by atoms with Gasteiger partial charge < -0.3 is 10.4 Å². The van der Waals surface area contributed by atoms with Crippen molar-refractivity contribution in [2.24, 2.45) is 5.84 Å². The number of hydrazine groups is 1. The molecule has 0 fully saturated rings. The predicted molar refractivity (Wildman–Crippen MR) is 76.3 cm³/mol. The Morgan fingerprint density at radius 3 is 2.53 bits per heavy atom. The SMILES string of the molecule is NN[C@H](CNCc1cccc(O)c1)c1ccccc1. The van der Waals surface area contributed by atoms with E-state index in [2.05, 4.69) is 10.7 Å². The van der Waals surface area contributed by atoms with E-state index in [1.807, 2.05) is 42.5 Å². The predicted octanol–water partition coefficient (Wildman–Crippen LogP) is 1.69. The Morgan fingerprint density at radius 1 is 1.05 bits per heavy atom. The van der Waals surface area contributed by atoms with Crippen molar-refractivity contribution in [1.82, 2.24) is 10.7 Å². The van der Waals surface area contributed by atoms with Crippen LogP contribution in [0.1, 0.15) is 17.2 Å². The molecule has 19 heavy (non-hydrogen) atoms. The minimum Gasteiger partial charge on any atom is -0.508 e. The maximum absolute atomic E-state index is 9.39. The van der Waals surface area contributed by atoms with Gasteiger partial charge in [-0.15, -0.1) is 0 Å². The van der Waals surface area contributed by atoms with Crippen molar-refractivity contribution in [2.45, 2.75) is 12.6 Å². The Kier molecular flexibility index (Phi) is 4.92. The molecular weight excluding hydrogens is 238 g/mol. The molecule has 4 heteroatoms. The standard InChI is InChI=1S/C15H19N3O/c16-18-15(13-6-2-1-3-7-13)11-17-10-12-5-4-8-14(19)9-12/h1-9,15,17-19H,10-11,16H2/t15-/m1/s1.